The second-order valence-electron chi connectivity index (χ2n) is 7.57. The summed E-state index contributed by atoms with van der Waals surface area (Å²) in [5.41, 5.74) is 3.60. The average Bonchev–Trinajstić information content (AvgIpc) is 3.07. The Bertz CT molecular complexity index is 1300. The van der Waals surface area contributed by atoms with Gasteiger partial charge in [0.2, 0.25) is 5.91 Å². The van der Waals surface area contributed by atoms with Crippen LogP contribution in [0.2, 0.25) is 5.02 Å². The lowest BCUT2D eigenvalue weighted by atomic mass is 9.85. The first-order valence-corrected chi connectivity index (χ1v) is 11.4. The fraction of sp³-hybridized carbons (Fsp3) is 0.174. The lowest BCUT2D eigenvalue weighted by Crippen LogP contribution is -2.28. The van der Waals surface area contributed by atoms with Crippen LogP contribution in [-0.2, 0) is 9.59 Å². The van der Waals surface area contributed by atoms with Crippen molar-refractivity contribution in [3.63, 3.8) is 0 Å². The topological polar surface area (TPSA) is 96.3 Å². The van der Waals surface area contributed by atoms with Crippen LogP contribution >= 0.6 is 23.4 Å². The van der Waals surface area contributed by atoms with Gasteiger partial charge in [0.15, 0.2) is 5.17 Å². The summed E-state index contributed by atoms with van der Waals surface area (Å²) in [6, 6.07) is 10.8. The number of carbonyl (C=O) groups excluding carboxylic acids is 2. The van der Waals surface area contributed by atoms with Crippen LogP contribution < -0.4 is 10.6 Å². The molecule has 2 N–H and O–H groups in total. The van der Waals surface area contributed by atoms with Gasteiger partial charge in [-0.1, -0.05) is 24.1 Å². The zero-order chi connectivity index (χ0) is 22.1. The highest BCUT2D eigenvalue weighted by molar-refractivity contribution is 8.18. The van der Waals surface area contributed by atoms with Gasteiger partial charge >= 0.3 is 0 Å². The zero-order valence-electron chi connectivity index (χ0n) is 16.8. The summed E-state index contributed by atoms with van der Waals surface area (Å²) in [4.78, 5) is 37.8. The van der Waals surface area contributed by atoms with E-state index in [2.05, 4.69) is 25.6 Å². The third-order valence-corrected chi connectivity index (χ3v) is 6.59. The Morgan fingerprint density at radius 2 is 1.91 bits per heavy atom. The Morgan fingerprint density at radius 3 is 2.69 bits per heavy atom. The molecule has 0 unspecified atom stereocenters. The van der Waals surface area contributed by atoms with E-state index in [4.69, 9.17) is 11.6 Å². The van der Waals surface area contributed by atoms with E-state index < -0.39 is 0 Å². The number of fused-ring (bicyclic) bond motifs is 1. The number of aromatic nitrogens is 2. The maximum Gasteiger partial charge on any atom is 0.286 e. The molecule has 2 heterocycles. The predicted octanol–water partition coefficient (Wildman–Crippen LogP) is 5.10. The molecule has 0 atom stereocenters. The van der Waals surface area contributed by atoms with Crippen LogP contribution in [-0.4, -0.2) is 26.9 Å². The molecule has 1 fully saturated rings. The number of benzene rings is 2. The molecule has 0 saturated heterocycles. The first kappa shape index (κ1) is 20.7. The SMILES string of the molecule is O=C1N=C(Nc2cc(NC(=O)C3CCC3)ccc2Cl)SC1=Cc1ccc2nccnc2c1. The first-order valence-electron chi connectivity index (χ1n) is 10.2. The van der Waals surface area contributed by atoms with Gasteiger partial charge < -0.3 is 10.6 Å². The van der Waals surface area contributed by atoms with E-state index >= 15 is 0 Å². The molecule has 3 aromatic rings. The fourth-order valence-electron chi connectivity index (χ4n) is 3.41. The Balaban J connectivity index is 1.30. The Labute approximate surface area is 193 Å². The fourth-order valence-corrected chi connectivity index (χ4v) is 4.40. The first-order chi connectivity index (χ1) is 15.5. The number of carbonyl (C=O) groups is 2. The summed E-state index contributed by atoms with van der Waals surface area (Å²) in [6.07, 6.45) is 8.00. The number of hydrogen-bond donors (Lipinski definition) is 2. The molecular formula is C23H18ClN5O2S. The van der Waals surface area contributed by atoms with Gasteiger partial charge in [-0.05, 0) is 66.6 Å². The van der Waals surface area contributed by atoms with Crippen molar-refractivity contribution in [1.29, 1.82) is 0 Å². The van der Waals surface area contributed by atoms with Crippen LogP contribution in [0, 0.1) is 5.92 Å². The third-order valence-electron chi connectivity index (χ3n) is 5.36. The van der Waals surface area contributed by atoms with Crippen LogP contribution in [0.15, 0.2) is 58.7 Å². The normalized spacial score (nSPS) is 17.3. The third kappa shape index (κ3) is 4.37. The number of anilines is 2. The Hall–Kier alpha value is -3.23. The number of thioether (sulfide) groups is 1. The second kappa shape index (κ2) is 8.72. The lowest BCUT2D eigenvalue weighted by molar-refractivity contribution is -0.122. The summed E-state index contributed by atoms with van der Waals surface area (Å²) in [5, 5.41) is 6.92. The molecule has 2 aliphatic rings. The molecule has 1 saturated carbocycles. The van der Waals surface area contributed by atoms with Crippen molar-refractivity contribution >= 4 is 68.8 Å². The van der Waals surface area contributed by atoms with Gasteiger partial charge in [-0.25, -0.2) is 0 Å². The van der Waals surface area contributed by atoms with E-state index in [0.29, 0.717) is 26.5 Å². The van der Waals surface area contributed by atoms with E-state index in [-0.39, 0.29) is 17.7 Å². The quantitative estimate of drug-likeness (QED) is 0.522. The second-order valence-corrected chi connectivity index (χ2v) is 9.01. The molecule has 5 rings (SSSR count). The van der Waals surface area contributed by atoms with Crippen molar-refractivity contribution in [3.05, 3.63) is 64.3 Å². The van der Waals surface area contributed by atoms with Crippen molar-refractivity contribution in [3.8, 4) is 0 Å². The van der Waals surface area contributed by atoms with Gasteiger partial charge in [0.1, 0.15) is 0 Å². The molecule has 9 heteroatoms. The largest absolute Gasteiger partial charge is 0.333 e. The minimum absolute atomic E-state index is 0.0255. The minimum Gasteiger partial charge on any atom is -0.333 e. The van der Waals surface area contributed by atoms with Gasteiger partial charge in [-0.3, -0.25) is 19.6 Å². The number of nitrogens with zero attached hydrogens (tertiary/aromatic N) is 3. The molecule has 1 aliphatic heterocycles. The van der Waals surface area contributed by atoms with Crippen molar-refractivity contribution in [2.24, 2.45) is 10.9 Å². The molecule has 32 heavy (non-hydrogen) atoms. The number of amides is 2. The molecule has 2 aromatic carbocycles. The van der Waals surface area contributed by atoms with E-state index in [0.717, 1.165) is 35.9 Å². The van der Waals surface area contributed by atoms with E-state index in [1.807, 2.05) is 18.2 Å². The highest BCUT2D eigenvalue weighted by Gasteiger charge is 2.26. The van der Waals surface area contributed by atoms with Gasteiger partial charge in [0, 0.05) is 24.0 Å². The Kier molecular flexibility index (Phi) is 5.63. The minimum atomic E-state index is -0.331. The lowest BCUT2D eigenvalue weighted by Gasteiger charge is -2.24. The zero-order valence-corrected chi connectivity index (χ0v) is 18.4. The number of hydrogen-bond acceptors (Lipinski definition) is 6. The van der Waals surface area contributed by atoms with Gasteiger partial charge in [0.05, 0.1) is 26.6 Å². The summed E-state index contributed by atoms with van der Waals surface area (Å²) in [5.74, 6) is -0.219. The molecule has 2 amide bonds. The van der Waals surface area contributed by atoms with Crippen LogP contribution in [0.1, 0.15) is 24.8 Å². The maximum absolute atomic E-state index is 12.4. The van der Waals surface area contributed by atoms with E-state index in [1.54, 1.807) is 36.7 Å². The molecule has 0 spiro atoms. The predicted molar refractivity (Wildman–Crippen MR) is 129 cm³/mol. The molecule has 0 radical (unpaired) electrons. The van der Waals surface area contributed by atoms with Crippen molar-refractivity contribution < 1.29 is 9.59 Å². The molecule has 1 aliphatic carbocycles. The number of rotatable bonds is 4. The average molecular weight is 464 g/mol. The summed E-state index contributed by atoms with van der Waals surface area (Å²) < 4.78 is 0. The number of amidine groups is 1. The smallest absolute Gasteiger partial charge is 0.286 e. The van der Waals surface area contributed by atoms with Crippen LogP contribution in [0.4, 0.5) is 11.4 Å². The molecule has 0 bridgehead atoms. The highest BCUT2D eigenvalue weighted by Crippen LogP contribution is 2.33. The van der Waals surface area contributed by atoms with E-state index in [9.17, 15) is 9.59 Å². The van der Waals surface area contributed by atoms with Crippen molar-refractivity contribution in [1.82, 2.24) is 9.97 Å². The number of nitrogens with one attached hydrogen (secondary N) is 2. The van der Waals surface area contributed by atoms with Crippen LogP contribution in [0.3, 0.4) is 0 Å². The summed E-state index contributed by atoms with van der Waals surface area (Å²) >= 11 is 7.55. The summed E-state index contributed by atoms with van der Waals surface area (Å²) in [7, 11) is 0. The Morgan fingerprint density at radius 1 is 1.09 bits per heavy atom. The molecule has 7 nitrogen and oxygen atoms in total. The number of aliphatic imine (C=N–C) groups is 1. The van der Waals surface area contributed by atoms with Crippen molar-refractivity contribution in [2.75, 3.05) is 10.6 Å². The molecule has 1 aromatic heterocycles. The summed E-state index contributed by atoms with van der Waals surface area (Å²) in [6.45, 7) is 0. The van der Waals surface area contributed by atoms with Crippen molar-refractivity contribution in [2.45, 2.75) is 19.3 Å². The monoisotopic (exact) mass is 463 g/mol. The van der Waals surface area contributed by atoms with Gasteiger partial charge in [0.25, 0.3) is 5.91 Å². The van der Waals surface area contributed by atoms with Gasteiger partial charge in [-0.15, -0.1) is 0 Å². The van der Waals surface area contributed by atoms with E-state index in [1.165, 1.54) is 11.8 Å². The molecular weight excluding hydrogens is 446 g/mol. The maximum atomic E-state index is 12.4. The van der Waals surface area contributed by atoms with Crippen LogP contribution in [0.5, 0.6) is 0 Å². The highest BCUT2D eigenvalue weighted by atomic mass is 35.5. The standard InChI is InChI=1S/C23H18ClN5O2S/c24-16-6-5-15(27-21(30)14-2-1-3-14)12-18(16)28-23-29-22(31)20(32-23)11-13-4-7-17-19(10-13)26-9-8-25-17/h4-12,14H,1-3H2,(H,27,30)(H,28,29,31). The van der Waals surface area contributed by atoms with Crippen LogP contribution in [0.25, 0.3) is 17.1 Å². The number of halogens is 1. The molecule has 160 valence electrons. The van der Waals surface area contributed by atoms with Gasteiger partial charge in [-0.2, -0.15) is 4.99 Å².